The van der Waals surface area contributed by atoms with E-state index in [0.29, 0.717) is 0 Å². The minimum atomic E-state index is -2.67. The van der Waals surface area contributed by atoms with E-state index in [1.165, 1.54) is 13.8 Å². The van der Waals surface area contributed by atoms with Crippen LogP contribution in [0.2, 0.25) is 0 Å². The molecule has 0 aliphatic carbocycles. The van der Waals surface area contributed by atoms with E-state index in [0.717, 1.165) is 12.5 Å². The van der Waals surface area contributed by atoms with Gasteiger partial charge in [-0.3, -0.25) is 0 Å². The molecule has 0 rings (SSSR count). The number of carbonyl (C=O) groups excluding carboxylic acids is 1. The van der Waals surface area contributed by atoms with E-state index in [-0.39, 0.29) is 28.1 Å². The number of rotatable bonds is 0. The molecule has 0 aromatic heterocycles. The van der Waals surface area contributed by atoms with Crippen LogP contribution in [0.1, 0.15) is 36.1 Å². The Kier molecular flexibility index (Phi) is 85.9. The third-order valence-corrected chi connectivity index (χ3v) is 0. The Labute approximate surface area is 121 Å². The Hall–Kier alpha value is -0.0700. The first kappa shape index (κ1) is 43.0. The largest absolute Gasteiger partial charge is 0.388 e. The average molecular weight is 309 g/mol. The SMILES string of the molecule is C.C.C.CC(C)=O.COC.CS(C)(=O)=O.CSC. The van der Waals surface area contributed by atoms with Crippen LogP contribution in [0.15, 0.2) is 0 Å². The number of ether oxygens (including phenoxy) is 1. The van der Waals surface area contributed by atoms with Crippen LogP contribution in [0.5, 0.6) is 0 Å². The van der Waals surface area contributed by atoms with E-state index in [4.69, 9.17) is 0 Å². The van der Waals surface area contributed by atoms with Gasteiger partial charge in [0.15, 0.2) is 0 Å². The molecule has 0 aliphatic heterocycles. The van der Waals surface area contributed by atoms with Crippen molar-refractivity contribution in [2.75, 3.05) is 39.2 Å². The first-order valence-corrected chi connectivity index (χ1v) is 7.92. The molecule has 6 heteroatoms. The van der Waals surface area contributed by atoms with Crippen molar-refractivity contribution < 1.29 is 17.9 Å². The number of Topliss-reactive ketones (excluding diaryl/α,β-unsaturated/α-hetero) is 1. The molecule has 0 bridgehead atoms. The Morgan fingerprint density at radius 1 is 0.944 bits per heavy atom. The van der Waals surface area contributed by atoms with Crippen LogP contribution in [0.4, 0.5) is 0 Å². The van der Waals surface area contributed by atoms with Crippen LogP contribution in [-0.4, -0.2) is 53.4 Å². The fourth-order valence-electron chi connectivity index (χ4n) is 0. The standard InChI is InChI=1S/C3H6O.C2H6O2S.C2H6O.C2H6S.3CH4/c1-3(2)4;1-5(2,3)4;2*1-3-2;;;/h1-2H3;1-2H3;2*1-2H3;3*1H4. The molecule has 0 amide bonds. The monoisotopic (exact) mass is 308 g/mol. The zero-order valence-corrected chi connectivity index (χ0v) is 12.6. The van der Waals surface area contributed by atoms with Gasteiger partial charge in [-0.25, -0.2) is 8.42 Å². The summed E-state index contributed by atoms with van der Waals surface area (Å²) >= 11 is 1.75. The van der Waals surface area contributed by atoms with E-state index in [1.54, 1.807) is 26.0 Å². The second-order valence-corrected chi connectivity index (χ2v) is 5.97. The summed E-state index contributed by atoms with van der Waals surface area (Å²) in [5.41, 5.74) is 0. The maximum absolute atomic E-state index is 9.63. The van der Waals surface area contributed by atoms with Crippen LogP contribution < -0.4 is 0 Å². The first-order valence-electron chi connectivity index (χ1n) is 3.99. The maximum Gasteiger partial charge on any atom is 0.144 e. The van der Waals surface area contributed by atoms with E-state index < -0.39 is 9.84 Å². The molecule has 0 aromatic carbocycles. The normalized spacial score (nSPS) is 6.67. The number of sulfone groups is 1. The number of thioether (sulfide) groups is 1. The number of methoxy groups -OCH3 is 1. The van der Waals surface area contributed by atoms with Crippen LogP contribution >= 0.6 is 11.8 Å². The van der Waals surface area contributed by atoms with Crippen LogP contribution in [0.3, 0.4) is 0 Å². The topological polar surface area (TPSA) is 60.4 Å². The maximum atomic E-state index is 9.63. The second-order valence-electron chi connectivity index (χ2n) is 2.87. The van der Waals surface area contributed by atoms with Crippen molar-refractivity contribution in [3.8, 4) is 0 Å². The molecule has 0 N–H and O–H groups in total. The highest BCUT2D eigenvalue weighted by Crippen LogP contribution is 1.70. The zero-order chi connectivity index (χ0) is 13.5. The highest BCUT2D eigenvalue weighted by molar-refractivity contribution is 7.97. The fraction of sp³-hybridized carbons (Fsp3) is 0.917. The molecule has 0 aromatic rings. The van der Waals surface area contributed by atoms with Gasteiger partial charge in [0.05, 0.1) is 0 Å². The third-order valence-electron chi connectivity index (χ3n) is 0. The molecule has 0 radical (unpaired) electrons. The molecule has 0 spiro atoms. The number of hydrogen-bond acceptors (Lipinski definition) is 5. The molecule has 0 saturated heterocycles. The van der Waals surface area contributed by atoms with Gasteiger partial charge < -0.3 is 9.53 Å². The Morgan fingerprint density at radius 2 is 0.944 bits per heavy atom. The summed E-state index contributed by atoms with van der Waals surface area (Å²) in [7, 11) is 0.583. The van der Waals surface area contributed by atoms with Gasteiger partial charge in [0, 0.05) is 26.7 Å². The van der Waals surface area contributed by atoms with Gasteiger partial charge >= 0.3 is 0 Å². The second kappa shape index (κ2) is 36.0. The number of hydrogen-bond donors (Lipinski definition) is 0. The lowest BCUT2D eigenvalue weighted by Crippen LogP contribution is -1.86. The van der Waals surface area contributed by atoms with Gasteiger partial charge in [0.25, 0.3) is 0 Å². The lowest BCUT2D eigenvalue weighted by Gasteiger charge is -1.69. The van der Waals surface area contributed by atoms with Crippen LogP contribution in [0.25, 0.3) is 0 Å². The van der Waals surface area contributed by atoms with E-state index in [1.807, 2.05) is 12.5 Å². The molecule has 0 aliphatic rings. The summed E-state index contributed by atoms with van der Waals surface area (Å²) in [4.78, 5) is 9.44. The van der Waals surface area contributed by atoms with Gasteiger partial charge in [0.1, 0.15) is 15.6 Å². The van der Waals surface area contributed by atoms with Crippen molar-refractivity contribution >= 4 is 27.4 Å². The lowest BCUT2D eigenvalue weighted by atomic mass is 10.6. The predicted octanol–water partition coefficient (Wildman–Crippen LogP) is 3.41. The third kappa shape index (κ3) is 725000. The Bertz CT molecular complexity index is 186. The Morgan fingerprint density at radius 3 is 0.944 bits per heavy atom. The van der Waals surface area contributed by atoms with E-state index in [2.05, 4.69) is 4.74 Å². The highest BCUT2D eigenvalue weighted by atomic mass is 32.2. The molecule has 0 unspecified atom stereocenters. The van der Waals surface area contributed by atoms with Crippen molar-refractivity contribution in [3.05, 3.63) is 0 Å². The van der Waals surface area contributed by atoms with Gasteiger partial charge in [-0.1, -0.05) is 22.3 Å². The average Bonchev–Trinajstić information content (AvgIpc) is 1.82. The fourth-order valence-corrected chi connectivity index (χ4v) is 0. The molecular formula is C12H36O4S2. The van der Waals surface area contributed by atoms with Gasteiger partial charge in [-0.15, -0.1) is 0 Å². The summed E-state index contributed by atoms with van der Waals surface area (Å²) < 4.78 is 23.5. The van der Waals surface area contributed by atoms with E-state index in [9.17, 15) is 13.2 Å². The summed E-state index contributed by atoms with van der Waals surface area (Å²) in [6.07, 6.45) is 6.40. The minimum Gasteiger partial charge on any atom is -0.388 e. The molecule has 0 saturated carbocycles. The summed E-state index contributed by atoms with van der Waals surface area (Å²) in [5.74, 6) is 0.167. The van der Waals surface area contributed by atoms with Crippen LogP contribution in [-0.2, 0) is 19.4 Å². The number of ketones is 1. The summed E-state index contributed by atoms with van der Waals surface area (Å²) in [6, 6.07) is 0. The van der Waals surface area contributed by atoms with Gasteiger partial charge in [-0.05, 0) is 26.4 Å². The summed E-state index contributed by atoms with van der Waals surface area (Å²) in [6.45, 7) is 3.06. The molecule has 0 fully saturated rings. The molecule has 4 nitrogen and oxygen atoms in total. The minimum absolute atomic E-state index is 0. The van der Waals surface area contributed by atoms with Crippen molar-refractivity contribution in [1.29, 1.82) is 0 Å². The first-order chi connectivity index (χ1) is 6.56. The van der Waals surface area contributed by atoms with Crippen molar-refractivity contribution in [1.82, 2.24) is 0 Å². The Balaban J connectivity index is -0.0000000174. The lowest BCUT2D eigenvalue weighted by molar-refractivity contribution is -0.114. The highest BCUT2D eigenvalue weighted by Gasteiger charge is 1.79. The van der Waals surface area contributed by atoms with Gasteiger partial charge in [-0.2, -0.15) is 11.8 Å². The van der Waals surface area contributed by atoms with Crippen LogP contribution in [0, 0.1) is 0 Å². The molecule has 0 heterocycles. The number of carbonyl (C=O) groups is 1. The molecular weight excluding hydrogens is 272 g/mol. The quantitative estimate of drug-likeness (QED) is 0.686. The molecule has 120 valence electrons. The van der Waals surface area contributed by atoms with E-state index >= 15 is 0 Å². The van der Waals surface area contributed by atoms with Gasteiger partial charge in [0.2, 0.25) is 0 Å². The zero-order valence-electron chi connectivity index (χ0n) is 10.9. The van der Waals surface area contributed by atoms with Crippen molar-refractivity contribution in [2.24, 2.45) is 0 Å². The summed E-state index contributed by atoms with van der Waals surface area (Å²) in [5, 5.41) is 0. The van der Waals surface area contributed by atoms with Crippen molar-refractivity contribution in [3.63, 3.8) is 0 Å². The predicted molar refractivity (Wildman–Crippen MR) is 89.7 cm³/mol. The molecule has 18 heavy (non-hydrogen) atoms. The molecule has 0 atom stereocenters. The smallest absolute Gasteiger partial charge is 0.144 e. The van der Waals surface area contributed by atoms with Crippen molar-refractivity contribution in [2.45, 2.75) is 36.1 Å².